The van der Waals surface area contributed by atoms with Gasteiger partial charge in [0.1, 0.15) is 13.2 Å². The Morgan fingerprint density at radius 2 is 2.29 bits per heavy atom. The van der Waals surface area contributed by atoms with Crippen molar-refractivity contribution >= 4 is 5.91 Å². The molecule has 1 aromatic carbocycles. The summed E-state index contributed by atoms with van der Waals surface area (Å²) < 4.78 is 1.60. The molecule has 0 fully saturated rings. The Labute approximate surface area is 123 Å². The average molecular weight is 283 g/mol. The highest BCUT2D eigenvalue weighted by Crippen LogP contribution is 2.07. The van der Waals surface area contributed by atoms with Gasteiger partial charge in [-0.3, -0.25) is 9.48 Å². The predicted octanol–water partition coefficient (Wildman–Crippen LogP) is 0.886. The minimum absolute atomic E-state index is 0.00875. The number of aromatic nitrogens is 2. The molecule has 0 unspecified atom stereocenters. The molecule has 0 atom stereocenters. The molecule has 1 amide bonds. The predicted molar refractivity (Wildman–Crippen MR) is 79.1 cm³/mol. The number of likely N-dealkylation sites (N-methyl/N-ethyl adjacent to an activating group) is 1. The van der Waals surface area contributed by atoms with Crippen LogP contribution < -0.4 is 0 Å². The van der Waals surface area contributed by atoms with E-state index < -0.39 is 0 Å². The molecule has 1 N–H and O–H groups in total. The van der Waals surface area contributed by atoms with E-state index in [9.17, 15) is 4.79 Å². The molecule has 5 heteroatoms. The minimum atomic E-state index is -0.160. The van der Waals surface area contributed by atoms with Crippen LogP contribution >= 0.6 is 0 Å². The van der Waals surface area contributed by atoms with E-state index in [-0.39, 0.29) is 19.1 Å². The molecule has 0 aliphatic rings. The van der Waals surface area contributed by atoms with Crippen molar-refractivity contribution in [2.75, 3.05) is 13.7 Å². The maximum atomic E-state index is 12.1. The Hall–Kier alpha value is -2.58. The molecule has 0 aliphatic heterocycles. The topological polar surface area (TPSA) is 58.4 Å². The molecule has 2 rings (SSSR count). The van der Waals surface area contributed by atoms with Crippen molar-refractivity contribution in [3.8, 4) is 11.8 Å². The number of hydrogen-bond donors (Lipinski definition) is 1. The van der Waals surface area contributed by atoms with E-state index in [2.05, 4.69) is 16.9 Å². The first-order valence-electron chi connectivity index (χ1n) is 6.59. The van der Waals surface area contributed by atoms with E-state index in [4.69, 9.17) is 5.11 Å². The molecule has 1 heterocycles. The second-order valence-electron chi connectivity index (χ2n) is 4.61. The van der Waals surface area contributed by atoms with E-state index in [1.807, 2.05) is 24.3 Å². The quantitative estimate of drug-likeness (QED) is 0.848. The molecule has 5 nitrogen and oxygen atoms in total. The Morgan fingerprint density at radius 3 is 3.00 bits per heavy atom. The van der Waals surface area contributed by atoms with Crippen molar-refractivity contribution < 1.29 is 9.90 Å². The summed E-state index contributed by atoms with van der Waals surface area (Å²) in [5.41, 5.74) is 1.82. The van der Waals surface area contributed by atoms with E-state index in [1.165, 1.54) is 0 Å². The Kier molecular flexibility index (Phi) is 5.13. The van der Waals surface area contributed by atoms with Crippen LogP contribution in [0.25, 0.3) is 0 Å². The molecule has 0 bridgehead atoms. The lowest BCUT2D eigenvalue weighted by atomic mass is 10.1. The second kappa shape index (κ2) is 7.27. The van der Waals surface area contributed by atoms with Crippen molar-refractivity contribution in [1.29, 1.82) is 0 Å². The van der Waals surface area contributed by atoms with Gasteiger partial charge in [0.2, 0.25) is 5.91 Å². The van der Waals surface area contributed by atoms with Gasteiger partial charge in [0.25, 0.3) is 0 Å². The number of aliphatic hydroxyl groups excluding tert-OH is 1. The molecule has 0 aliphatic carbocycles. The van der Waals surface area contributed by atoms with Crippen molar-refractivity contribution in [1.82, 2.24) is 14.7 Å². The van der Waals surface area contributed by atoms with Gasteiger partial charge >= 0.3 is 0 Å². The summed E-state index contributed by atoms with van der Waals surface area (Å²) in [6, 6.07) is 9.42. The van der Waals surface area contributed by atoms with Crippen LogP contribution in [0.3, 0.4) is 0 Å². The second-order valence-corrected chi connectivity index (χ2v) is 4.61. The SMILES string of the molecule is CN(Cc1cccc(C#CCO)c1)C(=O)Cn1cccn1. The fourth-order valence-electron chi connectivity index (χ4n) is 1.90. The van der Waals surface area contributed by atoms with Crippen LogP contribution in [0.5, 0.6) is 0 Å². The number of carbonyl (C=O) groups is 1. The molecule has 0 radical (unpaired) electrons. The van der Waals surface area contributed by atoms with Crippen LogP contribution in [0.4, 0.5) is 0 Å². The third-order valence-electron chi connectivity index (χ3n) is 2.94. The monoisotopic (exact) mass is 283 g/mol. The zero-order valence-electron chi connectivity index (χ0n) is 11.9. The van der Waals surface area contributed by atoms with Crippen molar-refractivity contribution in [2.24, 2.45) is 0 Å². The maximum absolute atomic E-state index is 12.1. The molecule has 21 heavy (non-hydrogen) atoms. The van der Waals surface area contributed by atoms with Gasteiger partial charge in [-0.25, -0.2) is 0 Å². The van der Waals surface area contributed by atoms with Gasteiger partial charge in [-0.15, -0.1) is 0 Å². The summed E-state index contributed by atoms with van der Waals surface area (Å²) in [6.07, 6.45) is 3.41. The lowest BCUT2D eigenvalue weighted by Crippen LogP contribution is -2.29. The summed E-state index contributed by atoms with van der Waals surface area (Å²) >= 11 is 0. The zero-order valence-corrected chi connectivity index (χ0v) is 11.9. The summed E-state index contributed by atoms with van der Waals surface area (Å²) in [6.45, 7) is 0.578. The van der Waals surface area contributed by atoms with Crippen LogP contribution in [0.2, 0.25) is 0 Å². The Balaban J connectivity index is 1.98. The van der Waals surface area contributed by atoms with E-state index in [1.54, 1.807) is 35.1 Å². The molecule has 1 aromatic heterocycles. The van der Waals surface area contributed by atoms with Gasteiger partial charge in [-0.05, 0) is 23.8 Å². The lowest BCUT2D eigenvalue weighted by Gasteiger charge is -2.17. The summed E-state index contributed by atoms with van der Waals surface area (Å²) in [5, 5.41) is 12.7. The smallest absolute Gasteiger partial charge is 0.244 e. The summed E-state index contributed by atoms with van der Waals surface area (Å²) in [7, 11) is 1.76. The number of rotatable bonds is 4. The molecule has 0 spiro atoms. The third kappa shape index (κ3) is 4.48. The average Bonchev–Trinajstić information content (AvgIpc) is 2.98. The highest BCUT2D eigenvalue weighted by molar-refractivity contribution is 5.75. The normalized spacial score (nSPS) is 9.81. The third-order valence-corrected chi connectivity index (χ3v) is 2.94. The first-order chi connectivity index (χ1) is 10.2. The number of nitrogens with zero attached hydrogens (tertiary/aromatic N) is 3. The highest BCUT2D eigenvalue weighted by Gasteiger charge is 2.10. The minimum Gasteiger partial charge on any atom is -0.384 e. The van der Waals surface area contributed by atoms with Crippen LogP contribution in [-0.2, 0) is 17.9 Å². The van der Waals surface area contributed by atoms with Gasteiger partial charge in [0.15, 0.2) is 0 Å². The van der Waals surface area contributed by atoms with Gasteiger partial charge < -0.3 is 10.0 Å². The van der Waals surface area contributed by atoms with Crippen LogP contribution in [0, 0.1) is 11.8 Å². The van der Waals surface area contributed by atoms with E-state index in [0.29, 0.717) is 6.54 Å². The van der Waals surface area contributed by atoms with E-state index >= 15 is 0 Å². The zero-order chi connectivity index (χ0) is 15.1. The summed E-state index contributed by atoms with van der Waals surface area (Å²) in [4.78, 5) is 13.7. The van der Waals surface area contributed by atoms with Crippen molar-refractivity contribution in [2.45, 2.75) is 13.1 Å². The van der Waals surface area contributed by atoms with Crippen LogP contribution in [-0.4, -0.2) is 39.3 Å². The van der Waals surface area contributed by atoms with Gasteiger partial charge in [0, 0.05) is 31.5 Å². The lowest BCUT2D eigenvalue weighted by molar-refractivity contribution is -0.131. The van der Waals surface area contributed by atoms with Gasteiger partial charge in [0.05, 0.1) is 0 Å². The molecule has 108 valence electrons. The van der Waals surface area contributed by atoms with Crippen molar-refractivity contribution in [3.05, 3.63) is 53.9 Å². The molecular formula is C16H17N3O2. The van der Waals surface area contributed by atoms with Gasteiger partial charge in [-0.1, -0.05) is 24.0 Å². The molecular weight excluding hydrogens is 266 g/mol. The number of amides is 1. The number of aliphatic hydroxyl groups is 1. The van der Waals surface area contributed by atoms with Crippen LogP contribution in [0.1, 0.15) is 11.1 Å². The highest BCUT2D eigenvalue weighted by atomic mass is 16.2. The Morgan fingerprint density at radius 1 is 1.43 bits per heavy atom. The largest absolute Gasteiger partial charge is 0.384 e. The molecule has 2 aromatic rings. The first-order valence-corrected chi connectivity index (χ1v) is 6.59. The molecule has 0 saturated carbocycles. The Bertz CT molecular complexity index is 654. The summed E-state index contributed by atoms with van der Waals surface area (Å²) in [5.74, 6) is 5.46. The first kappa shape index (κ1) is 14.8. The van der Waals surface area contributed by atoms with E-state index in [0.717, 1.165) is 11.1 Å². The maximum Gasteiger partial charge on any atom is 0.244 e. The van der Waals surface area contributed by atoms with Crippen LogP contribution in [0.15, 0.2) is 42.7 Å². The molecule has 0 saturated heterocycles. The van der Waals surface area contributed by atoms with Crippen molar-refractivity contribution in [3.63, 3.8) is 0 Å². The number of carbonyl (C=O) groups excluding carboxylic acids is 1. The number of benzene rings is 1. The number of hydrogen-bond acceptors (Lipinski definition) is 3. The fraction of sp³-hybridized carbons (Fsp3) is 0.250. The van der Waals surface area contributed by atoms with Gasteiger partial charge in [-0.2, -0.15) is 5.10 Å². The fourth-order valence-corrected chi connectivity index (χ4v) is 1.90. The standard InChI is InChI=1S/C16H17N3O2/c1-18(16(21)13-19-9-4-8-17-19)12-15-6-2-5-14(11-15)7-3-10-20/h2,4-6,8-9,11,20H,10,12-13H2,1H3.